The number of carbonyl (C=O) groups excluding carboxylic acids is 1. The quantitative estimate of drug-likeness (QED) is 0.389. The van der Waals surface area contributed by atoms with Crippen LogP contribution in [0.5, 0.6) is 0 Å². The molecule has 1 rings (SSSR count). The van der Waals surface area contributed by atoms with Crippen LogP contribution in [0.4, 0.5) is 5.69 Å². The van der Waals surface area contributed by atoms with Crippen LogP contribution < -0.4 is 16.6 Å². The van der Waals surface area contributed by atoms with E-state index in [1.807, 2.05) is 20.8 Å². The fraction of sp³-hybridized carbons (Fsp3) is 0.667. The third kappa shape index (κ3) is 5.30. The summed E-state index contributed by atoms with van der Waals surface area (Å²) in [4.78, 5) is 20.9. The van der Waals surface area contributed by atoms with Crippen molar-refractivity contribution in [3.8, 4) is 0 Å². The Kier molecular flexibility index (Phi) is 7.08. The first-order valence-corrected chi connectivity index (χ1v) is 7.64. The molecule has 0 aliphatic rings. The van der Waals surface area contributed by atoms with Crippen LogP contribution in [-0.4, -0.2) is 21.9 Å². The average molecular weight is 293 g/mol. The zero-order valence-corrected chi connectivity index (χ0v) is 13.4. The van der Waals surface area contributed by atoms with Gasteiger partial charge < -0.3 is 10.7 Å². The normalized spacial score (nSPS) is 12.3. The summed E-state index contributed by atoms with van der Waals surface area (Å²) in [5.74, 6) is 6.02. The zero-order valence-electron chi connectivity index (χ0n) is 13.4. The van der Waals surface area contributed by atoms with Crippen LogP contribution in [0.15, 0.2) is 6.20 Å². The number of nitrogens with one attached hydrogen (secondary N) is 2. The van der Waals surface area contributed by atoms with Crippen LogP contribution >= 0.6 is 0 Å². The topological polar surface area (TPSA) is 92.9 Å². The van der Waals surface area contributed by atoms with Gasteiger partial charge in [-0.1, -0.05) is 40.0 Å². The van der Waals surface area contributed by atoms with Crippen molar-refractivity contribution in [2.24, 2.45) is 5.84 Å². The molecular weight excluding hydrogens is 266 g/mol. The highest BCUT2D eigenvalue weighted by Gasteiger charge is 2.17. The second-order valence-electron chi connectivity index (χ2n) is 5.66. The minimum atomic E-state index is -0.212. The van der Waals surface area contributed by atoms with Crippen LogP contribution in [0.2, 0.25) is 0 Å². The van der Waals surface area contributed by atoms with Crippen LogP contribution in [0.25, 0.3) is 0 Å². The van der Waals surface area contributed by atoms with Gasteiger partial charge in [0.05, 0.1) is 11.9 Å². The summed E-state index contributed by atoms with van der Waals surface area (Å²) in [6, 6.07) is 0.118. The lowest BCUT2D eigenvalue weighted by atomic mass is 10.1. The molecule has 1 atom stereocenters. The van der Waals surface area contributed by atoms with Crippen molar-refractivity contribution in [2.45, 2.75) is 65.3 Å². The Morgan fingerprint density at radius 1 is 1.33 bits per heavy atom. The standard InChI is InChI=1S/C15H27N5O/c1-5-6-7-8-11(4)18-15(21)13-12(20-16)9-17-14(19-13)10(2)3/h9-11,20H,5-8,16H2,1-4H3,(H,18,21). The van der Waals surface area contributed by atoms with Gasteiger partial charge in [0.25, 0.3) is 5.91 Å². The van der Waals surface area contributed by atoms with E-state index in [1.165, 1.54) is 12.8 Å². The number of aromatic nitrogens is 2. The van der Waals surface area contributed by atoms with Gasteiger partial charge in [0.2, 0.25) is 0 Å². The molecule has 21 heavy (non-hydrogen) atoms. The van der Waals surface area contributed by atoms with E-state index in [1.54, 1.807) is 6.20 Å². The van der Waals surface area contributed by atoms with E-state index >= 15 is 0 Å². The van der Waals surface area contributed by atoms with Crippen molar-refractivity contribution in [3.63, 3.8) is 0 Å². The number of nitrogens with zero attached hydrogens (tertiary/aromatic N) is 2. The van der Waals surface area contributed by atoms with Crippen molar-refractivity contribution < 1.29 is 4.79 Å². The minimum Gasteiger partial charge on any atom is -0.348 e. The third-order valence-corrected chi connectivity index (χ3v) is 3.31. The Bertz CT molecular complexity index is 461. The minimum absolute atomic E-state index is 0.118. The fourth-order valence-corrected chi connectivity index (χ4v) is 2.02. The number of carbonyl (C=O) groups is 1. The van der Waals surface area contributed by atoms with Crippen LogP contribution in [0, 0.1) is 0 Å². The van der Waals surface area contributed by atoms with Gasteiger partial charge in [0.15, 0.2) is 5.69 Å². The van der Waals surface area contributed by atoms with E-state index in [-0.39, 0.29) is 17.9 Å². The number of hydrazine groups is 1. The molecule has 0 radical (unpaired) electrons. The van der Waals surface area contributed by atoms with E-state index in [4.69, 9.17) is 5.84 Å². The van der Waals surface area contributed by atoms with Crippen molar-refractivity contribution in [3.05, 3.63) is 17.7 Å². The molecule has 1 unspecified atom stereocenters. The van der Waals surface area contributed by atoms with E-state index in [0.29, 0.717) is 17.2 Å². The van der Waals surface area contributed by atoms with Gasteiger partial charge >= 0.3 is 0 Å². The molecule has 0 fully saturated rings. The molecule has 0 aliphatic heterocycles. The first kappa shape index (κ1) is 17.4. The van der Waals surface area contributed by atoms with Gasteiger partial charge in [0.1, 0.15) is 5.82 Å². The molecule has 6 nitrogen and oxygen atoms in total. The lowest BCUT2D eigenvalue weighted by Crippen LogP contribution is -2.34. The highest BCUT2D eigenvalue weighted by atomic mass is 16.2. The van der Waals surface area contributed by atoms with Crippen molar-refractivity contribution >= 4 is 11.6 Å². The Balaban J connectivity index is 2.78. The summed E-state index contributed by atoms with van der Waals surface area (Å²) in [7, 11) is 0. The van der Waals surface area contributed by atoms with Gasteiger partial charge in [-0.2, -0.15) is 0 Å². The number of unbranched alkanes of at least 4 members (excludes halogenated alkanes) is 2. The number of anilines is 1. The zero-order chi connectivity index (χ0) is 15.8. The molecule has 1 aromatic rings. The first-order valence-electron chi connectivity index (χ1n) is 7.64. The van der Waals surface area contributed by atoms with Gasteiger partial charge in [-0.05, 0) is 13.3 Å². The molecule has 0 spiro atoms. The Morgan fingerprint density at radius 3 is 2.62 bits per heavy atom. The van der Waals surface area contributed by atoms with E-state index in [9.17, 15) is 4.79 Å². The fourth-order valence-electron chi connectivity index (χ4n) is 2.02. The largest absolute Gasteiger partial charge is 0.348 e. The number of amides is 1. The summed E-state index contributed by atoms with van der Waals surface area (Å²) < 4.78 is 0. The highest BCUT2D eigenvalue weighted by Crippen LogP contribution is 2.16. The Hall–Kier alpha value is -1.69. The Morgan fingerprint density at radius 2 is 2.05 bits per heavy atom. The summed E-state index contributed by atoms with van der Waals surface area (Å²) in [6.07, 6.45) is 5.99. The molecule has 6 heteroatoms. The maximum absolute atomic E-state index is 12.3. The average Bonchev–Trinajstić information content (AvgIpc) is 2.46. The number of nitrogens with two attached hydrogens (primary N) is 1. The molecule has 0 aliphatic carbocycles. The van der Waals surface area contributed by atoms with Crippen molar-refractivity contribution in [1.29, 1.82) is 0 Å². The molecule has 0 bridgehead atoms. The SMILES string of the molecule is CCCCCC(C)NC(=O)c1nc(C(C)C)ncc1NN. The van der Waals surface area contributed by atoms with Gasteiger partial charge in [-0.15, -0.1) is 0 Å². The molecule has 0 saturated heterocycles. The van der Waals surface area contributed by atoms with Crippen LogP contribution in [0.3, 0.4) is 0 Å². The molecule has 118 valence electrons. The van der Waals surface area contributed by atoms with Crippen LogP contribution in [0.1, 0.15) is 75.6 Å². The maximum Gasteiger partial charge on any atom is 0.272 e. The lowest BCUT2D eigenvalue weighted by Gasteiger charge is -2.15. The summed E-state index contributed by atoms with van der Waals surface area (Å²) in [6.45, 7) is 8.14. The molecule has 0 aromatic carbocycles. The second kappa shape index (κ2) is 8.56. The second-order valence-corrected chi connectivity index (χ2v) is 5.66. The van der Waals surface area contributed by atoms with Gasteiger partial charge in [-0.25, -0.2) is 9.97 Å². The summed E-state index contributed by atoms with van der Waals surface area (Å²) in [5, 5.41) is 2.97. The molecule has 1 heterocycles. The molecule has 1 amide bonds. The molecule has 1 aromatic heterocycles. The number of hydrogen-bond acceptors (Lipinski definition) is 5. The van der Waals surface area contributed by atoms with Crippen LogP contribution in [-0.2, 0) is 0 Å². The predicted molar refractivity (Wildman–Crippen MR) is 85.0 cm³/mol. The number of hydrogen-bond donors (Lipinski definition) is 3. The first-order chi connectivity index (χ1) is 9.99. The van der Waals surface area contributed by atoms with Gasteiger partial charge in [0, 0.05) is 12.0 Å². The molecule has 0 saturated carbocycles. The monoisotopic (exact) mass is 293 g/mol. The summed E-state index contributed by atoms with van der Waals surface area (Å²) >= 11 is 0. The molecular formula is C15H27N5O. The highest BCUT2D eigenvalue weighted by molar-refractivity contribution is 5.97. The van der Waals surface area contributed by atoms with E-state index < -0.39 is 0 Å². The van der Waals surface area contributed by atoms with Crippen molar-refractivity contribution in [2.75, 3.05) is 5.43 Å². The number of rotatable bonds is 8. The van der Waals surface area contributed by atoms with E-state index in [2.05, 4.69) is 27.6 Å². The van der Waals surface area contributed by atoms with E-state index in [0.717, 1.165) is 12.8 Å². The Labute approximate surface area is 126 Å². The summed E-state index contributed by atoms with van der Waals surface area (Å²) in [5.41, 5.74) is 3.23. The predicted octanol–water partition coefficient (Wildman–Crippen LogP) is 2.58. The van der Waals surface area contributed by atoms with Crippen molar-refractivity contribution in [1.82, 2.24) is 15.3 Å². The number of nitrogen functional groups attached to an aromatic ring is 1. The smallest absolute Gasteiger partial charge is 0.272 e. The third-order valence-electron chi connectivity index (χ3n) is 3.31. The maximum atomic E-state index is 12.3. The van der Waals surface area contributed by atoms with Gasteiger partial charge in [-0.3, -0.25) is 10.6 Å². The lowest BCUT2D eigenvalue weighted by molar-refractivity contribution is 0.0933. The molecule has 4 N–H and O–H groups in total.